The molecule has 1 aromatic carbocycles. The summed E-state index contributed by atoms with van der Waals surface area (Å²) in [5, 5.41) is 6.65. The Morgan fingerprint density at radius 3 is 2.85 bits per heavy atom. The van der Waals surface area contributed by atoms with Gasteiger partial charge in [0.25, 0.3) is 0 Å². The molecule has 3 rings (SSSR count). The number of amides is 1. The van der Waals surface area contributed by atoms with Gasteiger partial charge in [0.2, 0.25) is 5.91 Å². The van der Waals surface area contributed by atoms with Crippen LogP contribution >= 0.6 is 0 Å². The van der Waals surface area contributed by atoms with Crippen molar-refractivity contribution in [2.45, 2.75) is 44.6 Å². The molecule has 2 N–H and O–H groups in total. The SMILES string of the molecule is CCCC1(C(=O)NC2CC2c2ccccc2)CCNC1. The fourth-order valence-corrected chi connectivity index (χ4v) is 3.49. The van der Waals surface area contributed by atoms with E-state index in [1.165, 1.54) is 5.56 Å². The lowest BCUT2D eigenvalue weighted by molar-refractivity contribution is -0.130. The highest BCUT2D eigenvalue weighted by Gasteiger charge is 2.45. The van der Waals surface area contributed by atoms with Crippen molar-refractivity contribution in [1.29, 1.82) is 0 Å². The van der Waals surface area contributed by atoms with E-state index in [0.717, 1.165) is 38.8 Å². The van der Waals surface area contributed by atoms with Crippen LogP contribution in [-0.2, 0) is 4.79 Å². The van der Waals surface area contributed by atoms with E-state index in [4.69, 9.17) is 0 Å². The molecular formula is C17H24N2O. The predicted molar refractivity (Wildman–Crippen MR) is 80.6 cm³/mol. The monoisotopic (exact) mass is 272 g/mol. The van der Waals surface area contributed by atoms with Crippen LogP contribution in [0.1, 0.15) is 44.1 Å². The third kappa shape index (κ3) is 2.59. The number of nitrogens with one attached hydrogen (secondary N) is 2. The van der Waals surface area contributed by atoms with Gasteiger partial charge in [0, 0.05) is 18.5 Å². The van der Waals surface area contributed by atoms with Crippen LogP contribution in [0, 0.1) is 5.41 Å². The average Bonchev–Trinajstić information content (AvgIpc) is 3.07. The maximum Gasteiger partial charge on any atom is 0.227 e. The smallest absolute Gasteiger partial charge is 0.227 e. The second kappa shape index (κ2) is 5.57. The number of rotatable bonds is 5. The molecule has 2 fully saturated rings. The zero-order valence-electron chi connectivity index (χ0n) is 12.2. The van der Waals surface area contributed by atoms with Crippen molar-refractivity contribution in [2.24, 2.45) is 5.41 Å². The Hall–Kier alpha value is -1.35. The van der Waals surface area contributed by atoms with Crippen molar-refractivity contribution in [3.63, 3.8) is 0 Å². The van der Waals surface area contributed by atoms with Crippen LogP contribution in [0.25, 0.3) is 0 Å². The van der Waals surface area contributed by atoms with Gasteiger partial charge in [-0.25, -0.2) is 0 Å². The number of hydrogen-bond acceptors (Lipinski definition) is 2. The van der Waals surface area contributed by atoms with Crippen LogP contribution in [-0.4, -0.2) is 25.0 Å². The van der Waals surface area contributed by atoms with Crippen LogP contribution in [0.15, 0.2) is 30.3 Å². The quantitative estimate of drug-likeness (QED) is 0.864. The maximum atomic E-state index is 12.6. The highest BCUT2D eigenvalue weighted by atomic mass is 16.2. The molecule has 1 aromatic rings. The Morgan fingerprint density at radius 1 is 1.40 bits per heavy atom. The molecule has 3 nitrogen and oxygen atoms in total. The summed E-state index contributed by atoms with van der Waals surface area (Å²) in [4.78, 5) is 12.6. The van der Waals surface area contributed by atoms with Crippen molar-refractivity contribution in [3.05, 3.63) is 35.9 Å². The van der Waals surface area contributed by atoms with Gasteiger partial charge >= 0.3 is 0 Å². The van der Waals surface area contributed by atoms with Gasteiger partial charge in [-0.1, -0.05) is 43.7 Å². The van der Waals surface area contributed by atoms with Gasteiger partial charge in [-0.15, -0.1) is 0 Å². The fourth-order valence-electron chi connectivity index (χ4n) is 3.49. The Kier molecular flexibility index (Phi) is 3.79. The molecule has 20 heavy (non-hydrogen) atoms. The van der Waals surface area contributed by atoms with E-state index in [0.29, 0.717) is 12.0 Å². The Labute approximate surface area is 121 Å². The molecule has 0 bridgehead atoms. The summed E-state index contributed by atoms with van der Waals surface area (Å²) in [5.74, 6) is 0.793. The zero-order valence-corrected chi connectivity index (χ0v) is 12.2. The molecule has 1 amide bonds. The molecule has 0 spiro atoms. The normalized spacial score (nSPS) is 32.0. The lowest BCUT2D eigenvalue weighted by Gasteiger charge is -2.26. The van der Waals surface area contributed by atoms with Gasteiger partial charge in [0.05, 0.1) is 5.41 Å². The van der Waals surface area contributed by atoms with Crippen LogP contribution < -0.4 is 10.6 Å². The van der Waals surface area contributed by atoms with Gasteiger partial charge in [0.15, 0.2) is 0 Å². The van der Waals surface area contributed by atoms with Crippen LogP contribution in [0.2, 0.25) is 0 Å². The van der Waals surface area contributed by atoms with Gasteiger partial charge in [-0.2, -0.15) is 0 Å². The topological polar surface area (TPSA) is 41.1 Å². The van der Waals surface area contributed by atoms with Crippen molar-refractivity contribution < 1.29 is 4.79 Å². The maximum absolute atomic E-state index is 12.6. The summed E-state index contributed by atoms with van der Waals surface area (Å²) in [7, 11) is 0. The van der Waals surface area contributed by atoms with Crippen LogP contribution in [0.4, 0.5) is 0 Å². The summed E-state index contributed by atoms with van der Waals surface area (Å²) in [6.07, 6.45) is 4.14. The van der Waals surface area contributed by atoms with Gasteiger partial charge < -0.3 is 10.6 Å². The molecular weight excluding hydrogens is 248 g/mol. The third-order valence-corrected chi connectivity index (χ3v) is 4.79. The van der Waals surface area contributed by atoms with E-state index in [1.807, 2.05) is 6.07 Å². The number of benzene rings is 1. The molecule has 1 saturated heterocycles. The highest BCUT2D eigenvalue weighted by molar-refractivity contribution is 5.84. The summed E-state index contributed by atoms with van der Waals surface area (Å²) >= 11 is 0. The molecule has 1 saturated carbocycles. The summed E-state index contributed by atoms with van der Waals surface area (Å²) < 4.78 is 0. The third-order valence-electron chi connectivity index (χ3n) is 4.79. The molecule has 0 aromatic heterocycles. The van der Waals surface area contributed by atoms with Gasteiger partial charge in [0.1, 0.15) is 0 Å². The first kappa shape index (κ1) is 13.6. The Morgan fingerprint density at radius 2 is 2.20 bits per heavy atom. The summed E-state index contributed by atoms with van der Waals surface area (Å²) in [5.41, 5.74) is 1.20. The number of carbonyl (C=O) groups excluding carboxylic acids is 1. The highest BCUT2D eigenvalue weighted by Crippen LogP contribution is 2.42. The number of hydrogen-bond donors (Lipinski definition) is 2. The minimum atomic E-state index is -0.154. The minimum absolute atomic E-state index is 0.154. The molecule has 1 heterocycles. The molecule has 1 aliphatic carbocycles. The molecule has 1 aliphatic heterocycles. The first-order valence-electron chi connectivity index (χ1n) is 7.82. The lowest BCUT2D eigenvalue weighted by Crippen LogP contribution is -2.43. The molecule has 3 unspecified atom stereocenters. The van der Waals surface area contributed by atoms with Crippen molar-refractivity contribution in [1.82, 2.24) is 10.6 Å². The zero-order chi connectivity index (χ0) is 14.0. The van der Waals surface area contributed by atoms with Crippen molar-refractivity contribution in [3.8, 4) is 0 Å². The summed E-state index contributed by atoms with van der Waals surface area (Å²) in [6.45, 7) is 3.98. The second-order valence-electron chi connectivity index (χ2n) is 6.29. The first-order chi connectivity index (χ1) is 9.75. The van der Waals surface area contributed by atoms with E-state index < -0.39 is 0 Å². The standard InChI is InChI=1S/C17H24N2O/c1-2-8-17(9-10-18-12-17)16(20)19-15-11-14(15)13-6-4-3-5-7-13/h3-7,14-15,18H,2,8-12H2,1H3,(H,19,20). The summed E-state index contributed by atoms with van der Waals surface area (Å²) in [6, 6.07) is 10.9. The molecule has 3 heteroatoms. The van der Waals surface area contributed by atoms with Crippen LogP contribution in [0.5, 0.6) is 0 Å². The molecule has 0 radical (unpaired) electrons. The van der Waals surface area contributed by atoms with E-state index in [-0.39, 0.29) is 11.3 Å². The van der Waals surface area contributed by atoms with E-state index in [2.05, 4.69) is 41.8 Å². The first-order valence-corrected chi connectivity index (χ1v) is 7.82. The van der Waals surface area contributed by atoms with E-state index >= 15 is 0 Å². The second-order valence-corrected chi connectivity index (χ2v) is 6.29. The lowest BCUT2D eigenvalue weighted by atomic mass is 9.81. The number of carbonyl (C=O) groups is 1. The molecule has 3 atom stereocenters. The molecule has 108 valence electrons. The van der Waals surface area contributed by atoms with E-state index in [9.17, 15) is 4.79 Å². The fraction of sp³-hybridized carbons (Fsp3) is 0.588. The van der Waals surface area contributed by atoms with Crippen molar-refractivity contribution >= 4 is 5.91 Å². The predicted octanol–water partition coefficient (Wildman–Crippen LogP) is 2.44. The minimum Gasteiger partial charge on any atom is -0.352 e. The average molecular weight is 272 g/mol. The Bertz CT molecular complexity index is 465. The molecule has 2 aliphatic rings. The Balaban J connectivity index is 1.60. The van der Waals surface area contributed by atoms with Gasteiger partial charge in [-0.05, 0) is 31.4 Å². The van der Waals surface area contributed by atoms with Gasteiger partial charge in [-0.3, -0.25) is 4.79 Å². The van der Waals surface area contributed by atoms with Crippen molar-refractivity contribution in [2.75, 3.05) is 13.1 Å². The van der Waals surface area contributed by atoms with Crippen LogP contribution in [0.3, 0.4) is 0 Å². The van der Waals surface area contributed by atoms with E-state index in [1.54, 1.807) is 0 Å². The largest absolute Gasteiger partial charge is 0.352 e.